The second-order valence-corrected chi connectivity index (χ2v) is 10.4. The lowest BCUT2D eigenvalue weighted by atomic mass is 10.1. The normalized spacial score (nSPS) is 12.9. The van der Waals surface area contributed by atoms with Crippen molar-refractivity contribution in [3.05, 3.63) is 71.0 Å². The molecule has 2 heterocycles. The summed E-state index contributed by atoms with van der Waals surface area (Å²) in [6.45, 7) is 4.15. The van der Waals surface area contributed by atoms with Crippen LogP contribution in [0.3, 0.4) is 0 Å². The number of sulfonamides is 1. The van der Waals surface area contributed by atoms with Crippen LogP contribution in [-0.4, -0.2) is 37.8 Å². The minimum Gasteiger partial charge on any atom is -0.493 e. The standard InChI is InChI=1S/C25H27NO8S/c1-16(2)13-26(35(30,31)24-8-7-20(14-27)34-24)21-11-19-9-10-32-22(19)12-23(21)33-15-17-3-5-18(6-4-17)25(28)29/h3-8,11-12,16,27H,9-10,13-15H2,1-2H3,(H,28,29). The summed E-state index contributed by atoms with van der Waals surface area (Å²) in [6, 6.07) is 12.5. The fourth-order valence-electron chi connectivity index (χ4n) is 3.76. The molecule has 10 heteroatoms. The predicted molar refractivity (Wildman–Crippen MR) is 127 cm³/mol. The molecular formula is C25H27NO8S. The van der Waals surface area contributed by atoms with E-state index in [-0.39, 0.29) is 35.5 Å². The molecule has 0 fully saturated rings. The van der Waals surface area contributed by atoms with Gasteiger partial charge in [-0.3, -0.25) is 4.31 Å². The van der Waals surface area contributed by atoms with Crippen molar-refractivity contribution in [3.63, 3.8) is 0 Å². The number of ether oxygens (including phenoxy) is 2. The van der Waals surface area contributed by atoms with Crippen LogP contribution in [0.5, 0.6) is 11.5 Å². The van der Waals surface area contributed by atoms with E-state index >= 15 is 0 Å². The Hall–Kier alpha value is -3.50. The highest BCUT2D eigenvalue weighted by Gasteiger charge is 2.32. The molecule has 186 valence electrons. The van der Waals surface area contributed by atoms with Crippen molar-refractivity contribution in [1.82, 2.24) is 0 Å². The van der Waals surface area contributed by atoms with Crippen LogP contribution in [0.15, 0.2) is 58.0 Å². The first-order chi connectivity index (χ1) is 16.7. The number of carbonyl (C=O) groups is 1. The highest BCUT2D eigenvalue weighted by Crippen LogP contribution is 2.41. The molecule has 3 aromatic rings. The molecule has 0 atom stereocenters. The Morgan fingerprint density at radius 1 is 1.14 bits per heavy atom. The molecule has 35 heavy (non-hydrogen) atoms. The summed E-state index contributed by atoms with van der Waals surface area (Å²) in [5.41, 5.74) is 2.11. The Morgan fingerprint density at radius 2 is 1.89 bits per heavy atom. The Morgan fingerprint density at radius 3 is 2.51 bits per heavy atom. The van der Waals surface area contributed by atoms with Crippen molar-refractivity contribution in [2.75, 3.05) is 17.5 Å². The van der Waals surface area contributed by atoms with E-state index in [2.05, 4.69) is 0 Å². The number of hydrogen-bond donors (Lipinski definition) is 2. The van der Waals surface area contributed by atoms with Gasteiger partial charge in [0.05, 0.1) is 17.9 Å². The van der Waals surface area contributed by atoms with Crippen molar-refractivity contribution >= 4 is 21.7 Å². The quantitative estimate of drug-likeness (QED) is 0.429. The van der Waals surface area contributed by atoms with Crippen LogP contribution in [0, 0.1) is 5.92 Å². The largest absolute Gasteiger partial charge is 0.493 e. The molecule has 0 saturated heterocycles. The molecule has 2 N–H and O–H groups in total. The Balaban J connectivity index is 1.73. The molecule has 0 bridgehead atoms. The fourth-order valence-corrected chi connectivity index (χ4v) is 5.32. The van der Waals surface area contributed by atoms with E-state index in [1.807, 2.05) is 13.8 Å². The van der Waals surface area contributed by atoms with E-state index in [4.69, 9.17) is 19.0 Å². The first-order valence-electron chi connectivity index (χ1n) is 11.2. The van der Waals surface area contributed by atoms with E-state index in [9.17, 15) is 18.3 Å². The number of rotatable bonds is 10. The number of hydrogen-bond acceptors (Lipinski definition) is 7. The average Bonchev–Trinajstić information content (AvgIpc) is 3.50. The van der Waals surface area contributed by atoms with E-state index in [0.717, 1.165) is 11.1 Å². The maximum atomic E-state index is 13.6. The van der Waals surface area contributed by atoms with Crippen LogP contribution >= 0.6 is 0 Å². The number of carboxylic acid groups (broad SMARTS) is 1. The topological polar surface area (TPSA) is 127 Å². The van der Waals surface area contributed by atoms with Gasteiger partial charge >= 0.3 is 5.97 Å². The first kappa shape index (κ1) is 24.6. The van der Waals surface area contributed by atoms with Crippen LogP contribution < -0.4 is 13.8 Å². The van der Waals surface area contributed by atoms with E-state index in [0.29, 0.717) is 30.2 Å². The summed E-state index contributed by atoms with van der Waals surface area (Å²) in [7, 11) is -4.11. The molecule has 0 amide bonds. The number of nitrogens with zero attached hydrogens (tertiary/aromatic N) is 1. The summed E-state index contributed by atoms with van der Waals surface area (Å²) in [5.74, 6) is 0.0561. The summed E-state index contributed by atoms with van der Waals surface area (Å²) < 4.78 is 45.7. The smallest absolute Gasteiger partial charge is 0.335 e. The van der Waals surface area contributed by atoms with Gasteiger partial charge < -0.3 is 24.1 Å². The van der Waals surface area contributed by atoms with Gasteiger partial charge in [0, 0.05) is 19.0 Å². The number of aromatic carboxylic acids is 1. The molecule has 9 nitrogen and oxygen atoms in total. The number of anilines is 1. The molecule has 0 radical (unpaired) electrons. The molecule has 0 spiro atoms. The van der Waals surface area contributed by atoms with Crippen molar-refractivity contribution in [2.45, 2.75) is 38.6 Å². The lowest BCUT2D eigenvalue weighted by Gasteiger charge is -2.27. The highest BCUT2D eigenvalue weighted by atomic mass is 32.2. The maximum Gasteiger partial charge on any atom is 0.335 e. The van der Waals surface area contributed by atoms with Gasteiger partial charge in [-0.2, -0.15) is 8.42 Å². The monoisotopic (exact) mass is 501 g/mol. The van der Waals surface area contributed by atoms with Gasteiger partial charge in [-0.25, -0.2) is 4.79 Å². The Bertz CT molecular complexity index is 1310. The third-order valence-electron chi connectivity index (χ3n) is 5.50. The fraction of sp³-hybridized carbons (Fsp3) is 0.320. The summed E-state index contributed by atoms with van der Waals surface area (Å²) in [5, 5.41) is 18.2. The lowest BCUT2D eigenvalue weighted by Crippen LogP contribution is -2.34. The zero-order chi connectivity index (χ0) is 25.2. The molecule has 2 aromatic carbocycles. The number of fused-ring (bicyclic) bond motifs is 1. The second-order valence-electron chi connectivity index (χ2n) is 8.63. The van der Waals surface area contributed by atoms with Gasteiger partial charge in [0.2, 0.25) is 5.09 Å². The van der Waals surface area contributed by atoms with Crippen molar-refractivity contribution in [3.8, 4) is 11.5 Å². The lowest BCUT2D eigenvalue weighted by molar-refractivity contribution is 0.0696. The number of carboxylic acids is 1. The molecular weight excluding hydrogens is 474 g/mol. The molecule has 0 unspecified atom stereocenters. The van der Waals surface area contributed by atoms with Gasteiger partial charge in [0.15, 0.2) is 0 Å². The van der Waals surface area contributed by atoms with Crippen LogP contribution in [0.1, 0.15) is 41.1 Å². The van der Waals surface area contributed by atoms with Gasteiger partial charge in [0.25, 0.3) is 10.0 Å². The van der Waals surface area contributed by atoms with Crippen LogP contribution in [-0.2, 0) is 29.7 Å². The van der Waals surface area contributed by atoms with Crippen LogP contribution in [0.2, 0.25) is 0 Å². The zero-order valence-electron chi connectivity index (χ0n) is 19.4. The van der Waals surface area contributed by atoms with E-state index in [1.165, 1.54) is 28.6 Å². The second kappa shape index (κ2) is 10.0. The minimum absolute atomic E-state index is 0.0158. The predicted octanol–water partition coefficient (Wildman–Crippen LogP) is 3.84. The number of furan rings is 1. The molecule has 0 saturated carbocycles. The summed E-state index contributed by atoms with van der Waals surface area (Å²) >= 11 is 0. The van der Waals surface area contributed by atoms with Gasteiger partial charge in [-0.1, -0.05) is 26.0 Å². The first-order valence-corrected chi connectivity index (χ1v) is 12.6. The highest BCUT2D eigenvalue weighted by molar-refractivity contribution is 7.92. The Kier molecular flexibility index (Phi) is 7.04. The van der Waals surface area contributed by atoms with Crippen molar-refractivity contribution < 1.29 is 37.3 Å². The van der Waals surface area contributed by atoms with Gasteiger partial charge in [-0.05, 0) is 47.4 Å². The van der Waals surface area contributed by atoms with Crippen molar-refractivity contribution in [2.24, 2.45) is 5.92 Å². The van der Waals surface area contributed by atoms with E-state index in [1.54, 1.807) is 24.3 Å². The molecule has 0 aliphatic carbocycles. The Labute approximate surface area is 203 Å². The van der Waals surface area contributed by atoms with Crippen molar-refractivity contribution in [1.29, 1.82) is 0 Å². The third kappa shape index (κ3) is 5.28. The van der Waals surface area contributed by atoms with Crippen LogP contribution in [0.4, 0.5) is 5.69 Å². The van der Waals surface area contributed by atoms with Gasteiger partial charge in [-0.15, -0.1) is 0 Å². The molecule has 4 rings (SSSR count). The summed E-state index contributed by atoms with van der Waals surface area (Å²) in [6.07, 6.45) is 0.643. The summed E-state index contributed by atoms with van der Waals surface area (Å²) in [4.78, 5) is 11.1. The SMILES string of the molecule is CC(C)CN(c1cc2c(cc1OCc1ccc(C(=O)O)cc1)OCC2)S(=O)(=O)c1ccc(CO)o1. The maximum absolute atomic E-state index is 13.6. The minimum atomic E-state index is -4.11. The van der Waals surface area contributed by atoms with E-state index < -0.39 is 22.6 Å². The molecule has 1 aliphatic heterocycles. The number of aliphatic hydroxyl groups is 1. The number of aliphatic hydroxyl groups excluding tert-OH is 1. The number of benzene rings is 2. The zero-order valence-corrected chi connectivity index (χ0v) is 20.2. The molecule has 1 aromatic heterocycles. The third-order valence-corrected chi connectivity index (χ3v) is 7.16. The van der Waals surface area contributed by atoms with Crippen LogP contribution in [0.25, 0.3) is 0 Å². The van der Waals surface area contributed by atoms with Gasteiger partial charge in [0.1, 0.15) is 30.5 Å². The average molecular weight is 502 g/mol. The molecule has 1 aliphatic rings.